The molecule has 3 aliphatic rings. The van der Waals surface area contributed by atoms with Gasteiger partial charge in [-0.15, -0.1) is 0 Å². The van der Waals surface area contributed by atoms with E-state index in [-0.39, 0.29) is 0 Å². The lowest BCUT2D eigenvalue weighted by Crippen LogP contribution is -2.37. The molecule has 1 aliphatic heterocycles. The predicted octanol–water partition coefficient (Wildman–Crippen LogP) is 2.60. The number of likely N-dealkylation sites (N-methyl/N-ethyl adjacent to an activating group) is 1. The molecule has 0 radical (unpaired) electrons. The zero-order valence-corrected chi connectivity index (χ0v) is 10.8. The van der Waals surface area contributed by atoms with Crippen molar-refractivity contribution in [3.8, 4) is 0 Å². The molecule has 2 heteroatoms. The second kappa shape index (κ2) is 4.43. The molecular formula is C15H22N2. The van der Waals surface area contributed by atoms with Gasteiger partial charge in [-0.05, 0) is 45.2 Å². The van der Waals surface area contributed by atoms with Crippen LogP contribution in [0, 0.1) is 0 Å². The Morgan fingerprint density at radius 3 is 3.00 bits per heavy atom. The smallest absolute Gasteiger partial charge is 0.0828 e. The highest BCUT2D eigenvalue weighted by atomic mass is 15.4. The van der Waals surface area contributed by atoms with E-state index < -0.39 is 0 Å². The van der Waals surface area contributed by atoms with E-state index in [2.05, 4.69) is 48.5 Å². The van der Waals surface area contributed by atoms with Crippen molar-refractivity contribution in [2.75, 3.05) is 7.05 Å². The maximum absolute atomic E-state index is 3.81. The molecule has 3 atom stereocenters. The number of hydrogen-bond donors (Lipinski definition) is 1. The molecule has 0 aromatic rings. The number of nitrogens with one attached hydrogen (secondary N) is 1. The van der Waals surface area contributed by atoms with Crippen molar-refractivity contribution in [2.24, 2.45) is 0 Å². The Bertz CT molecular complexity index is 392. The van der Waals surface area contributed by atoms with Crippen molar-refractivity contribution in [1.29, 1.82) is 0 Å². The molecule has 2 aliphatic carbocycles. The van der Waals surface area contributed by atoms with Crippen LogP contribution in [-0.4, -0.2) is 30.2 Å². The van der Waals surface area contributed by atoms with Gasteiger partial charge in [-0.2, -0.15) is 0 Å². The summed E-state index contributed by atoms with van der Waals surface area (Å²) in [6.45, 7) is 2.26. The van der Waals surface area contributed by atoms with Gasteiger partial charge in [-0.3, -0.25) is 10.2 Å². The highest BCUT2D eigenvalue weighted by Crippen LogP contribution is 2.31. The highest BCUT2D eigenvalue weighted by Gasteiger charge is 2.39. The van der Waals surface area contributed by atoms with Gasteiger partial charge < -0.3 is 0 Å². The lowest BCUT2D eigenvalue weighted by molar-refractivity contribution is 0.278. The summed E-state index contributed by atoms with van der Waals surface area (Å²) in [6, 6.07) is 1.25. The lowest BCUT2D eigenvalue weighted by atomic mass is 9.93. The second-order valence-corrected chi connectivity index (χ2v) is 5.59. The summed E-state index contributed by atoms with van der Waals surface area (Å²) in [5.41, 5.74) is 3.11. The number of hydrogen-bond acceptors (Lipinski definition) is 2. The van der Waals surface area contributed by atoms with Gasteiger partial charge in [0.1, 0.15) is 0 Å². The Labute approximate surface area is 104 Å². The molecule has 17 heavy (non-hydrogen) atoms. The fraction of sp³-hybridized carbons (Fsp3) is 0.600. The zero-order valence-electron chi connectivity index (χ0n) is 10.8. The third-order valence-electron chi connectivity index (χ3n) is 4.36. The van der Waals surface area contributed by atoms with Crippen LogP contribution in [0.1, 0.15) is 32.6 Å². The molecule has 1 N–H and O–H groups in total. The lowest BCUT2D eigenvalue weighted by Gasteiger charge is -2.28. The molecule has 3 unspecified atom stereocenters. The average molecular weight is 230 g/mol. The number of allylic oxidation sites excluding steroid dienone is 4. The summed E-state index contributed by atoms with van der Waals surface area (Å²) in [6.07, 6.45) is 14.6. The van der Waals surface area contributed by atoms with Gasteiger partial charge in [0, 0.05) is 12.1 Å². The molecule has 0 spiro atoms. The van der Waals surface area contributed by atoms with Crippen molar-refractivity contribution in [2.45, 2.75) is 50.9 Å². The summed E-state index contributed by atoms with van der Waals surface area (Å²) in [4.78, 5) is 2.51. The summed E-state index contributed by atoms with van der Waals surface area (Å²) < 4.78 is 0. The van der Waals surface area contributed by atoms with Gasteiger partial charge in [0.05, 0.1) is 6.17 Å². The minimum Gasteiger partial charge on any atom is -0.294 e. The molecule has 1 fully saturated rings. The minimum atomic E-state index is 0.456. The third-order valence-corrected chi connectivity index (χ3v) is 4.36. The van der Waals surface area contributed by atoms with Crippen LogP contribution < -0.4 is 5.32 Å². The van der Waals surface area contributed by atoms with Gasteiger partial charge in [0.25, 0.3) is 0 Å². The van der Waals surface area contributed by atoms with E-state index in [1.165, 1.54) is 25.7 Å². The second-order valence-electron chi connectivity index (χ2n) is 5.59. The van der Waals surface area contributed by atoms with Crippen molar-refractivity contribution >= 4 is 0 Å². The van der Waals surface area contributed by atoms with Gasteiger partial charge in [0.15, 0.2) is 0 Å². The molecule has 2 nitrogen and oxygen atoms in total. The van der Waals surface area contributed by atoms with E-state index in [0.717, 1.165) is 0 Å². The fourth-order valence-corrected chi connectivity index (χ4v) is 3.34. The van der Waals surface area contributed by atoms with E-state index in [1.807, 2.05) is 0 Å². The first-order chi connectivity index (χ1) is 8.25. The van der Waals surface area contributed by atoms with Crippen LogP contribution >= 0.6 is 0 Å². The first-order valence-electron chi connectivity index (χ1n) is 6.76. The van der Waals surface area contributed by atoms with E-state index in [4.69, 9.17) is 0 Å². The summed E-state index contributed by atoms with van der Waals surface area (Å²) in [5.74, 6) is 0. The minimum absolute atomic E-state index is 0.456. The fourth-order valence-electron chi connectivity index (χ4n) is 3.34. The zero-order chi connectivity index (χ0) is 11.8. The van der Waals surface area contributed by atoms with E-state index in [0.29, 0.717) is 18.2 Å². The first kappa shape index (κ1) is 11.2. The Hall–Kier alpha value is -0.860. The summed E-state index contributed by atoms with van der Waals surface area (Å²) >= 11 is 0. The predicted molar refractivity (Wildman–Crippen MR) is 71.7 cm³/mol. The normalized spacial score (nSPS) is 37.6. The maximum atomic E-state index is 3.81. The third kappa shape index (κ3) is 2.00. The largest absolute Gasteiger partial charge is 0.294 e. The number of fused-ring (bicyclic) bond motifs is 1. The molecule has 0 saturated carbocycles. The highest BCUT2D eigenvalue weighted by molar-refractivity contribution is 5.27. The molecule has 0 aromatic carbocycles. The SMILES string of the molecule is CC1=CC2C(CC1)NC(C1=CC=CCC1)N2C. The van der Waals surface area contributed by atoms with Crippen LogP contribution in [0.4, 0.5) is 0 Å². The average Bonchev–Trinajstić information content (AvgIpc) is 2.68. The Morgan fingerprint density at radius 2 is 2.24 bits per heavy atom. The van der Waals surface area contributed by atoms with Crippen molar-refractivity contribution < 1.29 is 0 Å². The van der Waals surface area contributed by atoms with E-state index in [1.54, 1.807) is 11.1 Å². The summed E-state index contributed by atoms with van der Waals surface area (Å²) in [5, 5.41) is 3.81. The Kier molecular flexibility index (Phi) is 2.93. The maximum Gasteiger partial charge on any atom is 0.0828 e. The molecular weight excluding hydrogens is 208 g/mol. The molecule has 1 heterocycles. The van der Waals surface area contributed by atoms with Crippen molar-refractivity contribution in [1.82, 2.24) is 10.2 Å². The molecule has 0 amide bonds. The molecule has 92 valence electrons. The molecule has 3 rings (SSSR count). The standard InChI is InChI=1S/C15H22N2/c1-11-8-9-13-14(10-11)17(2)15(16-13)12-6-4-3-5-7-12/h3-4,6,10,13-16H,5,7-9H2,1-2H3. The number of nitrogens with zero attached hydrogens (tertiary/aromatic N) is 1. The van der Waals surface area contributed by atoms with Crippen LogP contribution in [0.3, 0.4) is 0 Å². The van der Waals surface area contributed by atoms with Crippen LogP contribution in [0.2, 0.25) is 0 Å². The van der Waals surface area contributed by atoms with Crippen LogP contribution in [-0.2, 0) is 0 Å². The van der Waals surface area contributed by atoms with Gasteiger partial charge in [-0.25, -0.2) is 0 Å². The summed E-state index contributed by atoms with van der Waals surface area (Å²) in [7, 11) is 2.26. The Balaban J connectivity index is 1.81. The quantitative estimate of drug-likeness (QED) is 0.697. The van der Waals surface area contributed by atoms with Crippen LogP contribution in [0.25, 0.3) is 0 Å². The van der Waals surface area contributed by atoms with Gasteiger partial charge in [-0.1, -0.05) is 29.9 Å². The first-order valence-corrected chi connectivity index (χ1v) is 6.76. The molecule has 0 aromatic heterocycles. The Morgan fingerprint density at radius 1 is 1.35 bits per heavy atom. The van der Waals surface area contributed by atoms with Gasteiger partial charge >= 0.3 is 0 Å². The number of rotatable bonds is 1. The van der Waals surface area contributed by atoms with Crippen LogP contribution in [0.15, 0.2) is 35.5 Å². The van der Waals surface area contributed by atoms with Crippen molar-refractivity contribution in [3.63, 3.8) is 0 Å². The van der Waals surface area contributed by atoms with Crippen LogP contribution in [0.5, 0.6) is 0 Å². The van der Waals surface area contributed by atoms with E-state index in [9.17, 15) is 0 Å². The monoisotopic (exact) mass is 230 g/mol. The molecule has 0 bridgehead atoms. The van der Waals surface area contributed by atoms with E-state index >= 15 is 0 Å². The van der Waals surface area contributed by atoms with Gasteiger partial charge in [0.2, 0.25) is 0 Å². The topological polar surface area (TPSA) is 15.3 Å². The molecule has 1 saturated heterocycles. The van der Waals surface area contributed by atoms with Crippen molar-refractivity contribution in [3.05, 3.63) is 35.5 Å².